The van der Waals surface area contributed by atoms with E-state index >= 15 is 0 Å². The first kappa shape index (κ1) is 18.7. The largest absolute Gasteiger partial charge is 0.486 e. The Morgan fingerprint density at radius 2 is 1.92 bits per heavy atom. The minimum absolute atomic E-state index is 0.314. The van der Waals surface area contributed by atoms with Crippen molar-refractivity contribution in [2.75, 3.05) is 0 Å². The van der Waals surface area contributed by atoms with Crippen molar-refractivity contribution < 1.29 is 9.13 Å². The average Bonchev–Trinajstić information content (AvgIpc) is 3.00. The maximum absolute atomic E-state index is 13.9. The van der Waals surface area contributed by atoms with Crippen LogP contribution in [0, 0.1) is 5.82 Å². The first-order chi connectivity index (χ1) is 12.6. The van der Waals surface area contributed by atoms with E-state index in [0.717, 1.165) is 12.2 Å². The lowest BCUT2D eigenvalue weighted by Gasteiger charge is -2.08. The number of halogens is 2. The summed E-state index contributed by atoms with van der Waals surface area (Å²) >= 11 is 7.45. The molecule has 0 saturated carbocycles. The summed E-state index contributed by atoms with van der Waals surface area (Å²) < 4.78 is 21.5. The molecule has 0 spiro atoms. The van der Waals surface area contributed by atoms with Gasteiger partial charge in [0.05, 0.1) is 0 Å². The molecule has 26 heavy (non-hydrogen) atoms. The topological polar surface area (TPSA) is 39.9 Å². The molecule has 0 aliphatic heterocycles. The fraction of sp³-hybridized carbons (Fsp3) is 0.263. The molecule has 0 fully saturated rings. The summed E-state index contributed by atoms with van der Waals surface area (Å²) in [6.45, 7) is 2.43. The van der Waals surface area contributed by atoms with Gasteiger partial charge in [0.1, 0.15) is 18.2 Å². The molecule has 7 heteroatoms. The third-order valence-corrected chi connectivity index (χ3v) is 5.43. The maximum Gasteiger partial charge on any atom is 0.191 e. The lowest BCUT2D eigenvalue weighted by Crippen LogP contribution is -2.04. The second-order valence-corrected chi connectivity index (χ2v) is 7.08. The van der Waals surface area contributed by atoms with Crippen LogP contribution in [-0.4, -0.2) is 14.8 Å². The van der Waals surface area contributed by atoms with E-state index in [1.807, 2.05) is 35.9 Å². The van der Waals surface area contributed by atoms with Crippen LogP contribution in [0.1, 0.15) is 23.9 Å². The van der Waals surface area contributed by atoms with Crippen molar-refractivity contribution in [2.24, 2.45) is 7.05 Å². The van der Waals surface area contributed by atoms with Crippen LogP contribution in [-0.2, 0) is 25.8 Å². The van der Waals surface area contributed by atoms with E-state index < -0.39 is 0 Å². The molecule has 0 atom stereocenters. The molecule has 0 aliphatic rings. The van der Waals surface area contributed by atoms with Crippen molar-refractivity contribution in [3.05, 3.63) is 70.3 Å². The third-order valence-electron chi connectivity index (χ3n) is 4.03. The number of benzene rings is 2. The smallest absolute Gasteiger partial charge is 0.191 e. The zero-order chi connectivity index (χ0) is 18.5. The van der Waals surface area contributed by atoms with Gasteiger partial charge in [-0.05, 0) is 36.2 Å². The Kier molecular flexibility index (Phi) is 6.16. The van der Waals surface area contributed by atoms with Gasteiger partial charge in [0.15, 0.2) is 11.0 Å². The van der Waals surface area contributed by atoms with Crippen LogP contribution in [0.2, 0.25) is 5.02 Å². The van der Waals surface area contributed by atoms with Gasteiger partial charge in [0, 0.05) is 23.4 Å². The van der Waals surface area contributed by atoms with Crippen molar-refractivity contribution in [3.63, 3.8) is 0 Å². The predicted octanol–water partition coefficient (Wildman–Crippen LogP) is 5.04. The highest BCUT2D eigenvalue weighted by atomic mass is 35.5. The molecule has 1 aromatic heterocycles. The number of nitrogens with zero attached hydrogens (tertiary/aromatic N) is 3. The van der Waals surface area contributed by atoms with Gasteiger partial charge in [0.25, 0.3) is 0 Å². The number of ether oxygens (including phenoxy) is 1. The fourth-order valence-electron chi connectivity index (χ4n) is 2.37. The van der Waals surface area contributed by atoms with Gasteiger partial charge in [-0.15, -0.1) is 10.2 Å². The SMILES string of the molecule is CCc1ccc(OCc2nnc(SCc3c(F)cccc3Cl)n2C)cc1. The molecular formula is C19H19ClFN3OS. The van der Waals surface area contributed by atoms with Gasteiger partial charge < -0.3 is 9.30 Å². The van der Waals surface area contributed by atoms with Gasteiger partial charge in [-0.3, -0.25) is 0 Å². The third kappa shape index (κ3) is 4.37. The summed E-state index contributed by atoms with van der Waals surface area (Å²) in [6, 6.07) is 12.7. The Balaban J connectivity index is 1.62. The molecule has 0 radical (unpaired) electrons. The molecule has 1 heterocycles. The van der Waals surface area contributed by atoms with Crippen LogP contribution in [0.5, 0.6) is 5.75 Å². The molecule has 0 bridgehead atoms. The van der Waals surface area contributed by atoms with E-state index in [2.05, 4.69) is 17.1 Å². The van der Waals surface area contributed by atoms with Gasteiger partial charge in [-0.2, -0.15) is 0 Å². The van der Waals surface area contributed by atoms with E-state index in [0.29, 0.717) is 33.9 Å². The molecular weight excluding hydrogens is 373 g/mol. The number of thioether (sulfide) groups is 1. The van der Waals surface area contributed by atoms with Crippen molar-refractivity contribution >= 4 is 23.4 Å². The fourth-order valence-corrected chi connectivity index (χ4v) is 3.65. The van der Waals surface area contributed by atoms with Gasteiger partial charge in [-0.25, -0.2) is 4.39 Å². The zero-order valence-corrected chi connectivity index (χ0v) is 16.1. The molecule has 0 unspecified atom stereocenters. The lowest BCUT2D eigenvalue weighted by molar-refractivity contribution is 0.290. The Hall–Kier alpha value is -2.05. The van der Waals surface area contributed by atoms with Crippen molar-refractivity contribution in [3.8, 4) is 5.75 Å². The van der Waals surface area contributed by atoms with Crippen molar-refractivity contribution in [1.82, 2.24) is 14.8 Å². The molecule has 0 aliphatic carbocycles. The summed E-state index contributed by atoms with van der Waals surface area (Å²) in [6.07, 6.45) is 0.996. The van der Waals surface area contributed by atoms with E-state index in [-0.39, 0.29) is 5.82 Å². The number of aryl methyl sites for hydroxylation is 1. The number of hydrogen-bond donors (Lipinski definition) is 0. The molecule has 136 valence electrons. The molecule has 0 saturated heterocycles. The van der Waals surface area contributed by atoms with E-state index in [1.165, 1.54) is 23.4 Å². The minimum Gasteiger partial charge on any atom is -0.486 e. The summed E-state index contributed by atoms with van der Waals surface area (Å²) in [7, 11) is 1.87. The van der Waals surface area contributed by atoms with Gasteiger partial charge >= 0.3 is 0 Å². The lowest BCUT2D eigenvalue weighted by atomic mass is 10.2. The standard InChI is InChI=1S/C19H19ClFN3OS/c1-3-13-7-9-14(10-8-13)25-11-18-22-23-19(24(18)2)26-12-15-16(20)5-4-6-17(15)21/h4-10H,3,11-12H2,1-2H3. The normalized spacial score (nSPS) is 10.9. The maximum atomic E-state index is 13.9. The first-order valence-electron chi connectivity index (χ1n) is 8.24. The van der Waals surface area contributed by atoms with Crippen LogP contribution in [0.4, 0.5) is 4.39 Å². The number of aromatic nitrogens is 3. The first-order valence-corrected chi connectivity index (χ1v) is 9.60. The Morgan fingerprint density at radius 3 is 2.62 bits per heavy atom. The van der Waals surface area contributed by atoms with Crippen LogP contribution < -0.4 is 4.74 Å². The molecule has 0 N–H and O–H groups in total. The molecule has 0 amide bonds. The van der Waals surface area contributed by atoms with Crippen molar-refractivity contribution in [2.45, 2.75) is 30.9 Å². The monoisotopic (exact) mass is 391 g/mol. The quantitative estimate of drug-likeness (QED) is 0.529. The summed E-state index contributed by atoms with van der Waals surface area (Å²) in [5.41, 5.74) is 1.73. The van der Waals surface area contributed by atoms with Crippen LogP contribution >= 0.6 is 23.4 Å². The van der Waals surface area contributed by atoms with Crippen LogP contribution in [0.25, 0.3) is 0 Å². The van der Waals surface area contributed by atoms with Crippen molar-refractivity contribution in [1.29, 1.82) is 0 Å². The van der Waals surface area contributed by atoms with Crippen LogP contribution in [0.3, 0.4) is 0 Å². The van der Waals surface area contributed by atoms with Gasteiger partial charge in [-0.1, -0.05) is 48.5 Å². The number of hydrogen-bond acceptors (Lipinski definition) is 4. The Bertz CT molecular complexity index is 863. The Labute approximate surface area is 161 Å². The van der Waals surface area contributed by atoms with Gasteiger partial charge in [0.2, 0.25) is 0 Å². The minimum atomic E-state index is -0.314. The summed E-state index contributed by atoms with van der Waals surface area (Å²) in [4.78, 5) is 0. The summed E-state index contributed by atoms with van der Waals surface area (Å²) in [5.74, 6) is 1.56. The van der Waals surface area contributed by atoms with Crippen LogP contribution in [0.15, 0.2) is 47.6 Å². The second kappa shape index (κ2) is 8.56. The zero-order valence-electron chi connectivity index (χ0n) is 14.6. The predicted molar refractivity (Wildman–Crippen MR) is 102 cm³/mol. The van der Waals surface area contributed by atoms with E-state index in [4.69, 9.17) is 16.3 Å². The molecule has 3 aromatic rings. The highest BCUT2D eigenvalue weighted by Crippen LogP contribution is 2.27. The average molecular weight is 392 g/mol. The molecule has 4 nitrogen and oxygen atoms in total. The highest BCUT2D eigenvalue weighted by molar-refractivity contribution is 7.98. The molecule has 2 aromatic carbocycles. The molecule has 3 rings (SSSR count). The van der Waals surface area contributed by atoms with E-state index in [1.54, 1.807) is 12.1 Å². The number of rotatable bonds is 7. The highest BCUT2D eigenvalue weighted by Gasteiger charge is 2.13. The van der Waals surface area contributed by atoms with E-state index in [9.17, 15) is 4.39 Å². The summed E-state index contributed by atoms with van der Waals surface area (Å²) in [5, 5.41) is 9.42. The second-order valence-electron chi connectivity index (χ2n) is 5.73. The Morgan fingerprint density at radius 1 is 1.15 bits per heavy atom.